The zero-order chi connectivity index (χ0) is 9.68. The quantitative estimate of drug-likeness (QED) is 0.522. The Labute approximate surface area is 83.0 Å². The van der Waals surface area contributed by atoms with Gasteiger partial charge in [0.25, 0.3) is 0 Å². The van der Waals surface area contributed by atoms with Crippen LogP contribution in [-0.2, 0) is 4.74 Å². The monoisotopic (exact) mass is 203 g/mol. The van der Waals surface area contributed by atoms with E-state index < -0.39 is 0 Å². The number of ether oxygens (including phenoxy) is 1. The van der Waals surface area contributed by atoms with Crippen LogP contribution in [0.1, 0.15) is 0 Å². The molecule has 0 bridgehead atoms. The van der Waals surface area contributed by atoms with E-state index in [1.165, 1.54) is 0 Å². The van der Waals surface area contributed by atoms with E-state index in [1.54, 1.807) is 0 Å². The van der Waals surface area contributed by atoms with Crippen LogP contribution < -0.4 is 5.73 Å². The molecule has 0 saturated carbocycles. The molecule has 0 aromatic heterocycles. The topological polar surface area (TPSA) is 50.8 Å². The summed E-state index contributed by atoms with van der Waals surface area (Å²) < 4.78 is 5.18. The molecular formula is C8H14ClN3O. The van der Waals surface area contributed by atoms with Gasteiger partial charge in [-0.1, -0.05) is 18.2 Å². The van der Waals surface area contributed by atoms with Crippen molar-refractivity contribution < 1.29 is 4.74 Å². The number of hydrogen-bond acceptors (Lipinski definition) is 2. The summed E-state index contributed by atoms with van der Waals surface area (Å²) in [6.45, 7) is 6.92. The van der Waals surface area contributed by atoms with E-state index in [0.717, 1.165) is 13.1 Å². The van der Waals surface area contributed by atoms with Gasteiger partial charge in [-0.15, -0.1) is 0 Å². The molecule has 13 heavy (non-hydrogen) atoms. The molecule has 0 unspecified atom stereocenters. The molecule has 1 fully saturated rings. The van der Waals surface area contributed by atoms with Gasteiger partial charge < -0.3 is 15.4 Å². The summed E-state index contributed by atoms with van der Waals surface area (Å²) in [6.07, 6.45) is 0. The van der Waals surface area contributed by atoms with E-state index in [2.05, 4.69) is 11.6 Å². The second-order valence-corrected chi connectivity index (χ2v) is 3.33. The van der Waals surface area contributed by atoms with Crippen molar-refractivity contribution in [1.29, 1.82) is 0 Å². The molecule has 1 rings (SSSR count). The van der Waals surface area contributed by atoms with Gasteiger partial charge in [-0.3, -0.25) is 0 Å². The second kappa shape index (κ2) is 5.09. The van der Waals surface area contributed by atoms with Crippen LogP contribution in [0.3, 0.4) is 0 Å². The summed E-state index contributed by atoms with van der Waals surface area (Å²) in [5.41, 5.74) is 5.72. The van der Waals surface area contributed by atoms with E-state index in [9.17, 15) is 0 Å². The summed E-state index contributed by atoms with van der Waals surface area (Å²) in [4.78, 5) is 6.06. The van der Waals surface area contributed by atoms with Crippen molar-refractivity contribution in [3.63, 3.8) is 0 Å². The van der Waals surface area contributed by atoms with Gasteiger partial charge in [-0.25, -0.2) is 4.99 Å². The molecule has 0 atom stereocenters. The standard InChI is InChI=1S/C8H14ClN3O/c1-7(9)6-11-8(10)12-2-4-13-5-3-12/h1-6H2,(H2,10,11). The number of nitrogens with two attached hydrogens (primary N) is 1. The van der Waals surface area contributed by atoms with Crippen molar-refractivity contribution in [2.24, 2.45) is 10.7 Å². The lowest BCUT2D eigenvalue weighted by Crippen LogP contribution is -2.44. The number of guanidine groups is 1. The average Bonchev–Trinajstić information content (AvgIpc) is 2.15. The molecule has 0 radical (unpaired) electrons. The lowest BCUT2D eigenvalue weighted by molar-refractivity contribution is 0.0674. The van der Waals surface area contributed by atoms with Crippen molar-refractivity contribution in [3.05, 3.63) is 11.6 Å². The molecule has 1 saturated heterocycles. The predicted molar refractivity (Wildman–Crippen MR) is 53.9 cm³/mol. The molecular weight excluding hydrogens is 190 g/mol. The van der Waals surface area contributed by atoms with Crippen molar-refractivity contribution in [2.45, 2.75) is 0 Å². The van der Waals surface area contributed by atoms with Gasteiger partial charge in [0.15, 0.2) is 5.96 Å². The van der Waals surface area contributed by atoms with Crippen LogP contribution in [0.25, 0.3) is 0 Å². The molecule has 1 heterocycles. The summed E-state index contributed by atoms with van der Waals surface area (Å²) in [6, 6.07) is 0. The molecule has 5 heteroatoms. The minimum Gasteiger partial charge on any atom is -0.378 e. The van der Waals surface area contributed by atoms with Gasteiger partial charge in [0.2, 0.25) is 0 Å². The molecule has 4 nitrogen and oxygen atoms in total. The number of rotatable bonds is 2. The SMILES string of the molecule is C=C(Cl)CN=C(N)N1CCOCC1. The molecule has 1 aliphatic heterocycles. The van der Waals surface area contributed by atoms with Crippen LogP contribution in [0.5, 0.6) is 0 Å². The summed E-state index contributed by atoms with van der Waals surface area (Å²) >= 11 is 5.56. The Morgan fingerprint density at radius 1 is 1.54 bits per heavy atom. The third kappa shape index (κ3) is 3.65. The predicted octanol–water partition coefficient (Wildman–Crippen LogP) is 0.386. The fraction of sp³-hybridized carbons (Fsp3) is 0.625. The second-order valence-electron chi connectivity index (χ2n) is 2.79. The Morgan fingerprint density at radius 3 is 2.69 bits per heavy atom. The lowest BCUT2D eigenvalue weighted by Gasteiger charge is -2.27. The molecule has 0 aliphatic carbocycles. The fourth-order valence-corrected chi connectivity index (χ4v) is 1.12. The average molecular weight is 204 g/mol. The largest absolute Gasteiger partial charge is 0.378 e. The number of aliphatic imine (C=N–C) groups is 1. The summed E-state index contributed by atoms with van der Waals surface area (Å²) in [5, 5.41) is 0.496. The number of nitrogens with zero attached hydrogens (tertiary/aromatic N) is 2. The minimum atomic E-state index is 0.380. The Hall–Kier alpha value is -0.740. The maximum absolute atomic E-state index is 5.72. The van der Waals surface area contributed by atoms with Crippen molar-refractivity contribution in [1.82, 2.24) is 4.90 Å². The van der Waals surface area contributed by atoms with Gasteiger partial charge in [0.05, 0.1) is 19.8 Å². The lowest BCUT2D eigenvalue weighted by atomic mass is 10.4. The molecule has 74 valence electrons. The first-order valence-corrected chi connectivity index (χ1v) is 4.54. The van der Waals surface area contributed by atoms with Crippen molar-refractivity contribution >= 4 is 17.6 Å². The van der Waals surface area contributed by atoms with Crippen LogP contribution in [-0.4, -0.2) is 43.7 Å². The van der Waals surface area contributed by atoms with Crippen LogP contribution in [0, 0.1) is 0 Å². The van der Waals surface area contributed by atoms with Gasteiger partial charge in [0.1, 0.15) is 0 Å². The van der Waals surface area contributed by atoms with E-state index >= 15 is 0 Å². The molecule has 0 aromatic rings. The zero-order valence-electron chi connectivity index (χ0n) is 7.50. The Morgan fingerprint density at radius 2 is 2.15 bits per heavy atom. The van der Waals surface area contributed by atoms with Gasteiger partial charge in [-0.2, -0.15) is 0 Å². The van der Waals surface area contributed by atoms with E-state index in [-0.39, 0.29) is 0 Å². The molecule has 0 amide bonds. The Bertz CT molecular complexity index is 211. The molecule has 1 aliphatic rings. The molecule has 0 spiro atoms. The first-order valence-electron chi connectivity index (χ1n) is 4.16. The smallest absolute Gasteiger partial charge is 0.191 e. The van der Waals surface area contributed by atoms with E-state index in [4.69, 9.17) is 22.1 Å². The van der Waals surface area contributed by atoms with Gasteiger partial charge >= 0.3 is 0 Å². The highest BCUT2D eigenvalue weighted by Crippen LogP contribution is 1.99. The number of morpholine rings is 1. The van der Waals surface area contributed by atoms with E-state index in [0.29, 0.717) is 30.8 Å². The third-order valence-corrected chi connectivity index (χ3v) is 1.87. The molecule has 2 N–H and O–H groups in total. The van der Waals surface area contributed by atoms with Crippen LogP contribution in [0.4, 0.5) is 0 Å². The maximum Gasteiger partial charge on any atom is 0.191 e. The van der Waals surface area contributed by atoms with Crippen molar-refractivity contribution in [3.8, 4) is 0 Å². The highest BCUT2D eigenvalue weighted by molar-refractivity contribution is 6.29. The van der Waals surface area contributed by atoms with Gasteiger partial charge in [-0.05, 0) is 0 Å². The fourth-order valence-electron chi connectivity index (χ4n) is 1.06. The normalized spacial score (nSPS) is 18.8. The summed E-state index contributed by atoms with van der Waals surface area (Å²) in [5.74, 6) is 0.519. The highest BCUT2D eigenvalue weighted by atomic mass is 35.5. The first-order chi connectivity index (χ1) is 6.20. The van der Waals surface area contributed by atoms with Crippen LogP contribution >= 0.6 is 11.6 Å². The van der Waals surface area contributed by atoms with Gasteiger partial charge in [0, 0.05) is 18.1 Å². The van der Waals surface area contributed by atoms with E-state index in [1.807, 2.05) is 4.90 Å². The molecule has 0 aromatic carbocycles. The highest BCUT2D eigenvalue weighted by Gasteiger charge is 2.11. The van der Waals surface area contributed by atoms with Crippen molar-refractivity contribution in [2.75, 3.05) is 32.8 Å². The third-order valence-electron chi connectivity index (χ3n) is 1.75. The first kappa shape index (κ1) is 10.3. The Balaban J connectivity index is 2.39. The Kier molecular flexibility index (Phi) is 4.05. The van der Waals surface area contributed by atoms with Crippen LogP contribution in [0.2, 0.25) is 0 Å². The minimum absolute atomic E-state index is 0.380. The van der Waals surface area contributed by atoms with Crippen LogP contribution in [0.15, 0.2) is 16.6 Å². The number of halogens is 1. The maximum atomic E-state index is 5.72. The zero-order valence-corrected chi connectivity index (χ0v) is 8.26. The summed E-state index contributed by atoms with van der Waals surface area (Å²) in [7, 11) is 0. The number of hydrogen-bond donors (Lipinski definition) is 1.